The Hall–Kier alpha value is -0.340. The van der Waals surface area contributed by atoms with Gasteiger partial charge in [-0.05, 0) is 44.4 Å². The monoisotopic (exact) mass is 298 g/mol. The molecule has 0 rings (SSSR count). The summed E-state index contributed by atoms with van der Waals surface area (Å²) in [5.74, 6) is 0.907. The van der Waals surface area contributed by atoms with Crippen LogP contribution in [-0.2, 0) is 9.47 Å². The fourth-order valence-electron chi connectivity index (χ4n) is 2.45. The Morgan fingerprint density at radius 2 is 1.29 bits per heavy atom. The van der Waals surface area contributed by atoms with Crippen LogP contribution in [0.15, 0.2) is 12.2 Å². The summed E-state index contributed by atoms with van der Waals surface area (Å²) in [5, 5.41) is 0. The van der Waals surface area contributed by atoms with Crippen molar-refractivity contribution in [3.63, 3.8) is 0 Å². The van der Waals surface area contributed by atoms with Gasteiger partial charge in [-0.1, -0.05) is 58.1 Å². The van der Waals surface area contributed by atoms with E-state index in [0.717, 1.165) is 12.3 Å². The maximum absolute atomic E-state index is 5.18. The van der Waals surface area contributed by atoms with Crippen LogP contribution in [-0.4, -0.2) is 20.5 Å². The van der Waals surface area contributed by atoms with Crippen molar-refractivity contribution in [3.8, 4) is 0 Å². The third-order valence-electron chi connectivity index (χ3n) is 4.27. The van der Waals surface area contributed by atoms with Crippen molar-refractivity contribution in [2.45, 2.75) is 90.8 Å². The first-order valence-corrected chi connectivity index (χ1v) is 8.95. The number of rotatable bonds is 15. The van der Waals surface area contributed by atoms with Crippen LogP contribution in [0.25, 0.3) is 0 Å². The molecule has 0 aliphatic carbocycles. The van der Waals surface area contributed by atoms with E-state index in [1.54, 1.807) is 14.2 Å². The van der Waals surface area contributed by atoms with Gasteiger partial charge in [0.2, 0.25) is 0 Å². The molecule has 0 radical (unpaired) electrons. The Labute approximate surface area is 133 Å². The molecule has 0 aromatic rings. The third kappa shape index (κ3) is 14.4. The number of hydrogen-bond acceptors (Lipinski definition) is 2. The number of allylic oxidation sites excluding steroid dienone is 2. The zero-order valence-corrected chi connectivity index (χ0v) is 14.9. The molecule has 0 aliphatic rings. The highest BCUT2D eigenvalue weighted by atomic mass is 16.7. The molecule has 2 nitrogen and oxygen atoms in total. The summed E-state index contributed by atoms with van der Waals surface area (Å²) in [7, 11) is 3.42. The number of unbranched alkanes of at least 4 members (excludes halogenated alkanes) is 6. The summed E-state index contributed by atoms with van der Waals surface area (Å²) >= 11 is 0. The molecule has 0 aromatic heterocycles. The van der Waals surface area contributed by atoms with E-state index in [2.05, 4.69) is 26.0 Å². The van der Waals surface area contributed by atoms with Crippen molar-refractivity contribution in [1.29, 1.82) is 0 Å². The average Bonchev–Trinajstić information content (AvgIpc) is 2.51. The van der Waals surface area contributed by atoms with Crippen LogP contribution in [0.4, 0.5) is 0 Å². The third-order valence-corrected chi connectivity index (χ3v) is 4.27. The molecule has 0 aliphatic heterocycles. The van der Waals surface area contributed by atoms with Gasteiger partial charge in [0.25, 0.3) is 0 Å². The molecule has 126 valence electrons. The van der Waals surface area contributed by atoms with Crippen LogP contribution >= 0.6 is 0 Å². The van der Waals surface area contributed by atoms with E-state index < -0.39 is 0 Å². The van der Waals surface area contributed by atoms with Gasteiger partial charge < -0.3 is 9.47 Å². The largest absolute Gasteiger partial charge is 0.356 e. The Morgan fingerprint density at radius 1 is 0.762 bits per heavy atom. The standard InChI is InChI=1S/C19H38O2/c1-5-18(2)16-14-12-10-8-6-7-9-11-13-15-17-19(20-3)21-4/h6,8,18-19H,5,7,9-17H2,1-4H3. The minimum absolute atomic E-state index is 0.0136. The Morgan fingerprint density at radius 3 is 1.86 bits per heavy atom. The Balaban J connectivity index is 3.22. The molecular formula is C19H38O2. The van der Waals surface area contributed by atoms with Crippen molar-refractivity contribution in [1.82, 2.24) is 0 Å². The maximum atomic E-state index is 5.18. The van der Waals surface area contributed by atoms with E-state index >= 15 is 0 Å². The highest BCUT2D eigenvalue weighted by Gasteiger charge is 2.03. The van der Waals surface area contributed by atoms with Crippen LogP contribution in [0.5, 0.6) is 0 Å². The first kappa shape index (κ1) is 20.7. The summed E-state index contributed by atoms with van der Waals surface area (Å²) in [6, 6.07) is 0. The number of ether oxygens (including phenoxy) is 2. The fourth-order valence-corrected chi connectivity index (χ4v) is 2.45. The molecule has 1 atom stereocenters. The lowest BCUT2D eigenvalue weighted by molar-refractivity contribution is -0.107. The van der Waals surface area contributed by atoms with E-state index in [-0.39, 0.29) is 6.29 Å². The summed E-state index contributed by atoms with van der Waals surface area (Å²) in [5.41, 5.74) is 0. The van der Waals surface area contributed by atoms with Gasteiger partial charge in [-0.2, -0.15) is 0 Å². The molecule has 0 bridgehead atoms. The summed E-state index contributed by atoms with van der Waals surface area (Å²) in [6.45, 7) is 4.65. The number of methoxy groups -OCH3 is 2. The van der Waals surface area contributed by atoms with Gasteiger partial charge in [-0.25, -0.2) is 0 Å². The van der Waals surface area contributed by atoms with E-state index in [9.17, 15) is 0 Å². The van der Waals surface area contributed by atoms with Gasteiger partial charge in [0.1, 0.15) is 0 Å². The smallest absolute Gasteiger partial charge is 0.156 e. The normalized spacial score (nSPS) is 13.4. The SMILES string of the molecule is CCC(C)CCCCC=CCCCCCCC(OC)OC. The molecule has 2 heteroatoms. The molecule has 0 N–H and O–H groups in total. The molecule has 0 heterocycles. The highest BCUT2D eigenvalue weighted by Crippen LogP contribution is 2.13. The van der Waals surface area contributed by atoms with Crippen molar-refractivity contribution in [2.24, 2.45) is 5.92 Å². The minimum atomic E-state index is -0.0136. The maximum Gasteiger partial charge on any atom is 0.156 e. The molecule has 0 amide bonds. The second-order valence-electron chi connectivity index (χ2n) is 6.16. The topological polar surface area (TPSA) is 18.5 Å². The first-order chi connectivity index (χ1) is 10.2. The van der Waals surface area contributed by atoms with E-state index in [4.69, 9.17) is 9.47 Å². The lowest BCUT2D eigenvalue weighted by Gasteiger charge is -2.12. The first-order valence-electron chi connectivity index (χ1n) is 8.95. The van der Waals surface area contributed by atoms with Gasteiger partial charge in [-0.15, -0.1) is 0 Å². The lowest BCUT2D eigenvalue weighted by atomic mass is 10.0. The quantitative estimate of drug-likeness (QED) is 0.206. The van der Waals surface area contributed by atoms with E-state index in [1.807, 2.05) is 0 Å². The molecule has 0 saturated heterocycles. The fraction of sp³-hybridized carbons (Fsp3) is 0.895. The van der Waals surface area contributed by atoms with E-state index in [0.29, 0.717) is 0 Å². The second-order valence-corrected chi connectivity index (χ2v) is 6.16. The summed E-state index contributed by atoms with van der Waals surface area (Å²) in [6.07, 6.45) is 18.8. The Kier molecular flexibility index (Phi) is 15.8. The van der Waals surface area contributed by atoms with Gasteiger partial charge in [0.05, 0.1) is 0 Å². The van der Waals surface area contributed by atoms with Crippen molar-refractivity contribution in [2.75, 3.05) is 14.2 Å². The highest BCUT2D eigenvalue weighted by molar-refractivity contribution is 4.81. The van der Waals surface area contributed by atoms with Crippen LogP contribution in [0.1, 0.15) is 84.5 Å². The van der Waals surface area contributed by atoms with Gasteiger partial charge in [0.15, 0.2) is 6.29 Å². The van der Waals surface area contributed by atoms with Crippen LogP contribution in [0.3, 0.4) is 0 Å². The lowest BCUT2D eigenvalue weighted by Crippen LogP contribution is -2.12. The molecule has 0 spiro atoms. The van der Waals surface area contributed by atoms with Crippen LogP contribution < -0.4 is 0 Å². The van der Waals surface area contributed by atoms with Gasteiger partial charge >= 0.3 is 0 Å². The van der Waals surface area contributed by atoms with Gasteiger partial charge in [0, 0.05) is 14.2 Å². The summed E-state index contributed by atoms with van der Waals surface area (Å²) < 4.78 is 10.4. The molecule has 0 aromatic carbocycles. The molecular weight excluding hydrogens is 260 g/mol. The van der Waals surface area contributed by atoms with Crippen LogP contribution in [0, 0.1) is 5.92 Å². The zero-order valence-electron chi connectivity index (χ0n) is 14.9. The van der Waals surface area contributed by atoms with Crippen molar-refractivity contribution in [3.05, 3.63) is 12.2 Å². The molecule has 21 heavy (non-hydrogen) atoms. The zero-order chi connectivity index (χ0) is 15.8. The average molecular weight is 299 g/mol. The molecule has 0 saturated carbocycles. The second kappa shape index (κ2) is 16.0. The van der Waals surface area contributed by atoms with Crippen molar-refractivity contribution < 1.29 is 9.47 Å². The van der Waals surface area contributed by atoms with Crippen LogP contribution in [0.2, 0.25) is 0 Å². The summed E-state index contributed by atoms with van der Waals surface area (Å²) in [4.78, 5) is 0. The van der Waals surface area contributed by atoms with Gasteiger partial charge in [-0.3, -0.25) is 0 Å². The number of hydrogen-bond donors (Lipinski definition) is 0. The molecule has 0 fully saturated rings. The predicted octanol–water partition coefficient (Wildman–Crippen LogP) is 6.11. The van der Waals surface area contributed by atoms with E-state index in [1.165, 1.54) is 64.2 Å². The van der Waals surface area contributed by atoms with Crippen molar-refractivity contribution >= 4 is 0 Å². The predicted molar refractivity (Wildman–Crippen MR) is 92.6 cm³/mol. The minimum Gasteiger partial charge on any atom is -0.356 e. The molecule has 1 unspecified atom stereocenters. The Bertz CT molecular complexity index is 222.